The second-order valence-electron chi connectivity index (χ2n) is 5.22. The zero-order valence-corrected chi connectivity index (χ0v) is 13.1. The minimum absolute atomic E-state index is 0.0129. The molecule has 7 nitrogen and oxygen atoms in total. The predicted molar refractivity (Wildman–Crippen MR) is 89.1 cm³/mol. The first kappa shape index (κ1) is 15.9. The molecule has 1 aliphatic heterocycles. The molecule has 1 saturated heterocycles. The molecular weight excluding hydrogens is 334 g/mol. The smallest absolute Gasteiger partial charge is 0.269 e. The molecule has 24 heavy (non-hydrogen) atoms. The van der Waals surface area contributed by atoms with Crippen LogP contribution in [0.1, 0.15) is 6.42 Å². The first-order valence-electron chi connectivity index (χ1n) is 7.09. The third-order valence-corrected chi connectivity index (χ3v) is 3.98. The van der Waals surface area contributed by atoms with E-state index in [9.17, 15) is 19.7 Å². The van der Waals surface area contributed by atoms with E-state index in [0.717, 1.165) is 4.90 Å². The number of hydrogen-bond acceptors (Lipinski definition) is 5. The maximum Gasteiger partial charge on any atom is 0.269 e. The number of hydrogen-bond donors (Lipinski definition) is 1. The fourth-order valence-corrected chi connectivity index (χ4v) is 2.73. The van der Waals surface area contributed by atoms with Crippen molar-refractivity contribution in [2.45, 2.75) is 12.5 Å². The maximum atomic E-state index is 12.5. The molecule has 1 fully saturated rings. The highest BCUT2D eigenvalue weighted by Crippen LogP contribution is 2.30. The lowest BCUT2D eigenvalue weighted by Gasteiger charge is -2.17. The van der Waals surface area contributed by atoms with Crippen molar-refractivity contribution in [2.75, 3.05) is 10.2 Å². The van der Waals surface area contributed by atoms with Gasteiger partial charge in [-0.2, -0.15) is 0 Å². The first-order valence-corrected chi connectivity index (χ1v) is 7.47. The Balaban J connectivity index is 1.79. The van der Waals surface area contributed by atoms with Crippen molar-refractivity contribution in [2.24, 2.45) is 0 Å². The fraction of sp³-hybridized carbons (Fsp3) is 0.125. The van der Waals surface area contributed by atoms with Crippen LogP contribution in [0.25, 0.3) is 0 Å². The summed E-state index contributed by atoms with van der Waals surface area (Å²) in [5.41, 5.74) is 0.821. The van der Waals surface area contributed by atoms with E-state index in [1.807, 2.05) is 0 Å². The summed E-state index contributed by atoms with van der Waals surface area (Å²) in [6, 6.07) is 11.5. The molecule has 3 rings (SSSR count). The summed E-state index contributed by atoms with van der Waals surface area (Å²) in [5.74, 6) is -0.765. The van der Waals surface area contributed by atoms with E-state index >= 15 is 0 Å². The van der Waals surface area contributed by atoms with Gasteiger partial charge in [0.25, 0.3) is 11.6 Å². The van der Waals surface area contributed by atoms with E-state index in [1.165, 1.54) is 24.3 Å². The monoisotopic (exact) mass is 345 g/mol. The van der Waals surface area contributed by atoms with Gasteiger partial charge in [0.05, 0.1) is 22.1 Å². The number of nitrogens with zero attached hydrogens (tertiary/aromatic N) is 2. The number of nitro groups is 1. The van der Waals surface area contributed by atoms with Gasteiger partial charge in [0.2, 0.25) is 5.91 Å². The molecule has 1 aliphatic rings. The van der Waals surface area contributed by atoms with Crippen LogP contribution in [0.5, 0.6) is 0 Å². The summed E-state index contributed by atoms with van der Waals surface area (Å²) < 4.78 is 0. The zero-order chi connectivity index (χ0) is 17.3. The number of imide groups is 1. The Morgan fingerprint density at radius 3 is 2.42 bits per heavy atom. The Morgan fingerprint density at radius 1 is 1.12 bits per heavy atom. The third-order valence-electron chi connectivity index (χ3n) is 3.66. The number of carbonyl (C=O) groups is 2. The van der Waals surface area contributed by atoms with E-state index in [0.29, 0.717) is 16.4 Å². The van der Waals surface area contributed by atoms with Crippen LogP contribution in [0.2, 0.25) is 5.02 Å². The van der Waals surface area contributed by atoms with E-state index in [2.05, 4.69) is 5.32 Å². The van der Waals surface area contributed by atoms with Gasteiger partial charge in [0, 0.05) is 17.8 Å². The molecule has 0 radical (unpaired) electrons. The van der Waals surface area contributed by atoms with E-state index in [4.69, 9.17) is 11.6 Å². The number of amides is 2. The molecule has 0 spiro atoms. The van der Waals surface area contributed by atoms with Crippen molar-refractivity contribution in [3.05, 3.63) is 63.7 Å². The summed E-state index contributed by atoms with van der Waals surface area (Å²) in [7, 11) is 0. The average Bonchev–Trinajstić information content (AvgIpc) is 2.83. The molecule has 0 aliphatic carbocycles. The van der Waals surface area contributed by atoms with Crippen LogP contribution in [-0.4, -0.2) is 22.8 Å². The Morgan fingerprint density at radius 2 is 1.79 bits per heavy atom. The molecule has 122 valence electrons. The molecule has 2 aromatic rings. The summed E-state index contributed by atoms with van der Waals surface area (Å²) in [4.78, 5) is 35.9. The topological polar surface area (TPSA) is 92.5 Å². The zero-order valence-electron chi connectivity index (χ0n) is 12.3. The Hall–Kier alpha value is -2.93. The van der Waals surface area contributed by atoms with Gasteiger partial charge in [0.1, 0.15) is 6.04 Å². The SMILES string of the molecule is O=C1CC(Nc2ccc([N+](=O)[O-])cc2)C(=O)N1c1ccccc1Cl. The Kier molecular flexibility index (Phi) is 4.18. The normalized spacial score (nSPS) is 17.2. The standard InChI is InChI=1S/C16H12ClN3O4/c17-12-3-1-2-4-14(12)19-15(21)9-13(16(19)22)18-10-5-7-11(8-6-10)20(23)24/h1-8,13,18H,9H2. The molecule has 0 saturated carbocycles. The Bertz CT molecular complexity index is 822. The highest BCUT2D eigenvalue weighted by molar-refractivity contribution is 6.36. The van der Waals surface area contributed by atoms with E-state index < -0.39 is 16.9 Å². The second-order valence-corrected chi connectivity index (χ2v) is 5.63. The van der Waals surface area contributed by atoms with Gasteiger partial charge in [-0.05, 0) is 24.3 Å². The Labute approximate surface area is 142 Å². The number of rotatable bonds is 4. The number of nitrogens with one attached hydrogen (secondary N) is 1. The van der Waals surface area contributed by atoms with Crippen molar-refractivity contribution in [1.29, 1.82) is 0 Å². The van der Waals surface area contributed by atoms with Gasteiger partial charge >= 0.3 is 0 Å². The molecule has 1 unspecified atom stereocenters. The number of anilines is 2. The molecular formula is C16H12ClN3O4. The van der Waals surface area contributed by atoms with Crippen molar-refractivity contribution in [3.63, 3.8) is 0 Å². The van der Waals surface area contributed by atoms with Crippen molar-refractivity contribution < 1.29 is 14.5 Å². The van der Waals surface area contributed by atoms with Crippen LogP contribution < -0.4 is 10.2 Å². The number of nitro benzene ring substituents is 1. The average molecular weight is 346 g/mol. The number of halogens is 1. The van der Waals surface area contributed by atoms with Gasteiger partial charge in [-0.15, -0.1) is 0 Å². The quantitative estimate of drug-likeness (QED) is 0.522. The lowest BCUT2D eigenvalue weighted by molar-refractivity contribution is -0.384. The minimum atomic E-state index is -0.741. The molecule has 0 bridgehead atoms. The third kappa shape index (κ3) is 2.93. The second kappa shape index (κ2) is 6.29. The first-order chi connectivity index (χ1) is 11.5. The van der Waals surface area contributed by atoms with E-state index in [-0.39, 0.29) is 18.0 Å². The van der Waals surface area contributed by atoms with Crippen LogP contribution in [0, 0.1) is 10.1 Å². The van der Waals surface area contributed by atoms with Crippen molar-refractivity contribution in [1.82, 2.24) is 0 Å². The minimum Gasteiger partial charge on any atom is -0.373 e. The lowest BCUT2D eigenvalue weighted by Crippen LogP contribution is -2.34. The van der Waals surface area contributed by atoms with Crippen molar-refractivity contribution in [3.8, 4) is 0 Å². The lowest BCUT2D eigenvalue weighted by atomic mass is 10.2. The predicted octanol–water partition coefficient (Wildman–Crippen LogP) is 2.99. The van der Waals surface area contributed by atoms with Crippen LogP contribution >= 0.6 is 11.6 Å². The number of benzene rings is 2. The maximum absolute atomic E-state index is 12.5. The van der Waals surface area contributed by atoms with Gasteiger partial charge in [-0.25, -0.2) is 4.90 Å². The molecule has 1 N–H and O–H groups in total. The number of para-hydroxylation sites is 1. The molecule has 2 aromatic carbocycles. The van der Waals surface area contributed by atoms with Gasteiger partial charge in [-0.1, -0.05) is 23.7 Å². The summed E-state index contributed by atoms with van der Waals surface area (Å²) in [6.45, 7) is 0. The van der Waals surface area contributed by atoms with Gasteiger partial charge < -0.3 is 5.32 Å². The highest BCUT2D eigenvalue weighted by atomic mass is 35.5. The molecule has 1 atom stereocenters. The highest BCUT2D eigenvalue weighted by Gasteiger charge is 2.40. The molecule has 2 amide bonds. The van der Waals surface area contributed by atoms with Gasteiger partial charge in [0.15, 0.2) is 0 Å². The van der Waals surface area contributed by atoms with Crippen LogP contribution in [0.3, 0.4) is 0 Å². The largest absolute Gasteiger partial charge is 0.373 e. The van der Waals surface area contributed by atoms with Crippen LogP contribution in [-0.2, 0) is 9.59 Å². The molecule has 8 heteroatoms. The molecule has 0 aromatic heterocycles. The fourth-order valence-electron chi connectivity index (χ4n) is 2.51. The summed E-state index contributed by atoms with van der Waals surface area (Å²) in [6.07, 6.45) is -0.0129. The molecule has 1 heterocycles. The van der Waals surface area contributed by atoms with Crippen LogP contribution in [0.15, 0.2) is 48.5 Å². The summed E-state index contributed by atoms with van der Waals surface area (Å²) in [5, 5.41) is 13.9. The van der Waals surface area contributed by atoms with Crippen LogP contribution in [0.4, 0.5) is 17.1 Å². The van der Waals surface area contributed by atoms with Crippen molar-refractivity contribution >= 4 is 40.5 Å². The van der Waals surface area contributed by atoms with E-state index in [1.54, 1.807) is 24.3 Å². The van der Waals surface area contributed by atoms with Gasteiger partial charge in [-0.3, -0.25) is 19.7 Å². The number of carbonyl (C=O) groups excluding carboxylic acids is 2. The summed E-state index contributed by atoms with van der Waals surface area (Å²) >= 11 is 6.06. The number of non-ortho nitro benzene ring substituents is 1.